The van der Waals surface area contributed by atoms with Crippen molar-refractivity contribution in [3.05, 3.63) is 28.2 Å². The van der Waals surface area contributed by atoms with Crippen LogP contribution in [-0.4, -0.2) is 41.0 Å². The number of carbonyl (C=O) groups excluding carboxylic acids is 1. The molecule has 0 aliphatic heterocycles. The van der Waals surface area contributed by atoms with Gasteiger partial charge in [-0.3, -0.25) is 14.5 Å². The van der Waals surface area contributed by atoms with Crippen molar-refractivity contribution in [2.24, 2.45) is 0 Å². The van der Waals surface area contributed by atoms with Crippen LogP contribution in [0.2, 0.25) is 10.0 Å². The third-order valence-electron chi connectivity index (χ3n) is 3.13. The van der Waals surface area contributed by atoms with E-state index >= 15 is 0 Å². The highest BCUT2D eigenvalue weighted by Gasteiger charge is 2.19. The number of nitrogens with one attached hydrogen (secondary N) is 1. The molecule has 116 valence electrons. The van der Waals surface area contributed by atoms with Gasteiger partial charge in [-0.25, -0.2) is 0 Å². The summed E-state index contributed by atoms with van der Waals surface area (Å²) in [5, 5.41) is 12.2. The lowest BCUT2D eigenvalue weighted by Gasteiger charge is -2.26. The fraction of sp³-hybridized carbons (Fsp3) is 0.429. The van der Waals surface area contributed by atoms with Gasteiger partial charge in [-0.1, -0.05) is 36.2 Å². The van der Waals surface area contributed by atoms with Gasteiger partial charge in [0.25, 0.3) is 0 Å². The van der Waals surface area contributed by atoms with Gasteiger partial charge in [0.2, 0.25) is 5.91 Å². The van der Waals surface area contributed by atoms with Crippen molar-refractivity contribution in [3.8, 4) is 0 Å². The van der Waals surface area contributed by atoms with E-state index in [0.29, 0.717) is 15.7 Å². The Morgan fingerprint density at radius 1 is 1.29 bits per heavy atom. The van der Waals surface area contributed by atoms with Gasteiger partial charge in [-0.15, -0.1) is 0 Å². The molecule has 1 aromatic rings. The van der Waals surface area contributed by atoms with Crippen molar-refractivity contribution in [1.82, 2.24) is 4.90 Å². The highest BCUT2D eigenvalue weighted by Crippen LogP contribution is 2.29. The lowest BCUT2D eigenvalue weighted by atomic mass is 10.2. The van der Waals surface area contributed by atoms with Crippen molar-refractivity contribution in [3.63, 3.8) is 0 Å². The fourth-order valence-corrected chi connectivity index (χ4v) is 2.27. The minimum absolute atomic E-state index is 0.0198. The molecule has 0 aliphatic carbocycles. The van der Waals surface area contributed by atoms with Crippen molar-refractivity contribution in [1.29, 1.82) is 0 Å². The Morgan fingerprint density at radius 3 is 2.33 bits per heavy atom. The maximum absolute atomic E-state index is 12.1. The maximum atomic E-state index is 12.1. The predicted molar refractivity (Wildman–Crippen MR) is 84.1 cm³/mol. The van der Waals surface area contributed by atoms with E-state index in [0.717, 1.165) is 6.42 Å². The molecule has 1 rings (SSSR count). The summed E-state index contributed by atoms with van der Waals surface area (Å²) in [5.74, 6) is -1.33. The van der Waals surface area contributed by atoms with Crippen LogP contribution in [0, 0.1) is 0 Å². The molecular weight excluding hydrogens is 315 g/mol. The van der Waals surface area contributed by atoms with Gasteiger partial charge < -0.3 is 10.4 Å². The normalized spacial score (nSPS) is 12.2. The number of carboxylic acid groups (broad SMARTS) is 1. The van der Waals surface area contributed by atoms with Crippen LogP contribution in [0.5, 0.6) is 0 Å². The molecule has 1 aromatic carbocycles. The van der Waals surface area contributed by atoms with E-state index in [1.165, 1.54) is 0 Å². The molecule has 0 spiro atoms. The number of para-hydroxylation sites is 1. The first kappa shape index (κ1) is 17.8. The molecule has 1 amide bonds. The van der Waals surface area contributed by atoms with Gasteiger partial charge >= 0.3 is 5.97 Å². The Hall–Kier alpha value is -1.30. The second-order valence-electron chi connectivity index (χ2n) is 4.70. The summed E-state index contributed by atoms with van der Waals surface area (Å²) in [6, 6.07) is 4.89. The van der Waals surface area contributed by atoms with Gasteiger partial charge in [-0.2, -0.15) is 0 Å². The maximum Gasteiger partial charge on any atom is 0.317 e. The van der Waals surface area contributed by atoms with Crippen LogP contribution >= 0.6 is 23.2 Å². The minimum Gasteiger partial charge on any atom is -0.480 e. The predicted octanol–water partition coefficient (Wildman–Crippen LogP) is 3.12. The van der Waals surface area contributed by atoms with Crippen LogP contribution in [0.25, 0.3) is 0 Å². The second-order valence-corrected chi connectivity index (χ2v) is 5.52. The SMILES string of the molecule is CCC(C)N(CC(=O)O)CC(=O)Nc1c(Cl)cccc1Cl. The summed E-state index contributed by atoms with van der Waals surface area (Å²) in [7, 11) is 0. The van der Waals surface area contributed by atoms with Gasteiger partial charge in [0.05, 0.1) is 28.8 Å². The molecule has 0 heterocycles. The van der Waals surface area contributed by atoms with Crippen LogP contribution in [0.1, 0.15) is 20.3 Å². The van der Waals surface area contributed by atoms with Gasteiger partial charge in [0, 0.05) is 6.04 Å². The van der Waals surface area contributed by atoms with Crippen LogP contribution in [0.4, 0.5) is 5.69 Å². The zero-order valence-electron chi connectivity index (χ0n) is 11.9. The Labute approximate surface area is 133 Å². The zero-order valence-corrected chi connectivity index (χ0v) is 13.4. The van der Waals surface area contributed by atoms with E-state index in [2.05, 4.69) is 5.32 Å². The summed E-state index contributed by atoms with van der Waals surface area (Å²) < 4.78 is 0. The lowest BCUT2D eigenvalue weighted by molar-refractivity contribution is -0.139. The molecule has 1 unspecified atom stereocenters. The Morgan fingerprint density at radius 2 is 1.86 bits per heavy atom. The monoisotopic (exact) mass is 332 g/mol. The number of carboxylic acids is 1. The Kier molecular flexibility index (Phi) is 6.95. The molecule has 0 aliphatic rings. The van der Waals surface area contributed by atoms with Crippen LogP contribution in [0.3, 0.4) is 0 Å². The number of hydrogen-bond donors (Lipinski definition) is 2. The number of hydrogen-bond acceptors (Lipinski definition) is 3. The third-order valence-corrected chi connectivity index (χ3v) is 3.76. The number of rotatable bonds is 7. The average molecular weight is 333 g/mol. The van der Waals surface area contributed by atoms with Crippen LogP contribution in [0.15, 0.2) is 18.2 Å². The second kappa shape index (κ2) is 8.22. The van der Waals surface area contributed by atoms with Crippen LogP contribution < -0.4 is 5.32 Å². The number of halogens is 2. The van der Waals surface area contributed by atoms with Gasteiger partial charge in [0.15, 0.2) is 0 Å². The summed E-state index contributed by atoms with van der Waals surface area (Å²) in [6.45, 7) is 3.57. The molecule has 7 heteroatoms. The fourth-order valence-electron chi connectivity index (χ4n) is 1.78. The molecule has 0 bridgehead atoms. The van der Waals surface area contributed by atoms with E-state index in [-0.39, 0.29) is 25.0 Å². The number of nitrogens with zero attached hydrogens (tertiary/aromatic N) is 1. The Bertz CT molecular complexity index is 503. The highest BCUT2D eigenvalue weighted by molar-refractivity contribution is 6.39. The molecule has 5 nitrogen and oxygen atoms in total. The topological polar surface area (TPSA) is 69.6 Å². The number of anilines is 1. The van der Waals surface area contributed by atoms with Crippen molar-refractivity contribution in [2.75, 3.05) is 18.4 Å². The van der Waals surface area contributed by atoms with E-state index < -0.39 is 5.97 Å². The molecule has 0 saturated heterocycles. The molecular formula is C14H18Cl2N2O3. The highest BCUT2D eigenvalue weighted by atomic mass is 35.5. The van der Waals surface area contributed by atoms with Crippen molar-refractivity contribution in [2.45, 2.75) is 26.3 Å². The quantitative estimate of drug-likeness (QED) is 0.804. The van der Waals surface area contributed by atoms with Crippen molar-refractivity contribution >= 4 is 40.8 Å². The first-order valence-corrected chi connectivity index (χ1v) is 7.30. The van der Waals surface area contributed by atoms with E-state index in [1.807, 2.05) is 13.8 Å². The number of carbonyl (C=O) groups is 2. The zero-order chi connectivity index (χ0) is 16.0. The smallest absolute Gasteiger partial charge is 0.317 e. The minimum atomic E-state index is -0.973. The molecule has 0 radical (unpaired) electrons. The molecule has 2 N–H and O–H groups in total. The third kappa shape index (κ3) is 5.53. The number of benzene rings is 1. The summed E-state index contributed by atoms with van der Waals surface area (Å²) in [6.07, 6.45) is 0.743. The standard InChI is InChI=1S/C14H18Cl2N2O3/c1-3-9(2)18(8-13(20)21)7-12(19)17-14-10(15)5-4-6-11(14)16/h4-6,9H,3,7-8H2,1-2H3,(H,17,19)(H,20,21). The lowest BCUT2D eigenvalue weighted by Crippen LogP contribution is -2.42. The van der Waals surface area contributed by atoms with E-state index in [1.54, 1.807) is 23.1 Å². The first-order chi connectivity index (χ1) is 9.85. The van der Waals surface area contributed by atoms with E-state index in [9.17, 15) is 9.59 Å². The van der Waals surface area contributed by atoms with E-state index in [4.69, 9.17) is 28.3 Å². The van der Waals surface area contributed by atoms with Crippen LogP contribution in [-0.2, 0) is 9.59 Å². The molecule has 21 heavy (non-hydrogen) atoms. The number of aliphatic carboxylic acids is 1. The molecule has 0 fully saturated rings. The van der Waals surface area contributed by atoms with Crippen molar-refractivity contribution < 1.29 is 14.7 Å². The summed E-state index contributed by atoms with van der Waals surface area (Å²) >= 11 is 12.0. The molecule has 0 aromatic heterocycles. The van der Waals surface area contributed by atoms with Gasteiger partial charge in [0.1, 0.15) is 0 Å². The average Bonchev–Trinajstić information content (AvgIpc) is 2.41. The molecule has 0 saturated carbocycles. The number of amides is 1. The van der Waals surface area contributed by atoms with Gasteiger partial charge in [-0.05, 0) is 25.5 Å². The first-order valence-electron chi connectivity index (χ1n) is 6.54. The largest absolute Gasteiger partial charge is 0.480 e. The summed E-state index contributed by atoms with van der Waals surface area (Å²) in [4.78, 5) is 24.5. The molecule has 1 atom stereocenters. The Balaban J connectivity index is 2.76. The summed E-state index contributed by atoms with van der Waals surface area (Å²) in [5.41, 5.74) is 0.338.